The minimum Gasteiger partial charge on any atom is -0.311 e. The molecule has 0 spiro atoms. The minimum atomic E-state index is -3.60. The van der Waals surface area contributed by atoms with Crippen LogP contribution in [-0.2, 0) is 21.4 Å². The van der Waals surface area contributed by atoms with Gasteiger partial charge >= 0.3 is 0 Å². The molecule has 1 aromatic heterocycles. The van der Waals surface area contributed by atoms with Gasteiger partial charge in [0.2, 0.25) is 15.9 Å². The minimum absolute atomic E-state index is 0.0922. The number of aromatic nitrogens is 2. The molecule has 0 saturated carbocycles. The highest BCUT2D eigenvalue weighted by Crippen LogP contribution is 2.29. The Hall–Kier alpha value is -2.97. The fourth-order valence-electron chi connectivity index (χ4n) is 4.72. The third-order valence-electron chi connectivity index (χ3n) is 6.45. The van der Waals surface area contributed by atoms with Crippen LogP contribution < -0.4 is 5.32 Å². The lowest BCUT2D eigenvalue weighted by Crippen LogP contribution is -2.42. The Morgan fingerprint density at radius 2 is 1.59 bits per heavy atom. The Balaban J connectivity index is 1.39. The molecule has 0 radical (unpaired) electrons. The number of carbonyl (C=O) groups is 1. The summed E-state index contributed by atoms with van der Waals surface area (Å²) in [6.07, 6.45) is 2.65. The van der Waals surface area contributed by atoms with E-state index in [-0.39, 0.29) is 11.8 Å². The van der Waals surface area contributed by atoms with E-state index in [1.54, 1.807) is 16.9 Å². The molecular formula is C26H32N4O3S. The molecule has 1 amide bonds. The van der Waals surface area contributed by atoms with Gasteiger partial charge in [-0.3, -0.25) is 4.79 Å². The molecule has 2 aromatic carbocycles. The van der Waals surface area contributed by atoms with Crippen LogP contribution in [0.2, 0.25) is 0 Å². The zero-order valence-corrected chi connectivity index (χ0v) is 21.0. The predicted octanol–water partition coefficient (Wildman–Crippen LogP) is 4.20. The van der Waals surface area contributed by atoms with Crippen LogP contribution in [0.3, 0.4) is 0 Å². The first kappa shape index (κ1) is 24.2. The number of sulfonamides is 1. The Bertz CT molecular complexity index is 1260. The number of nitrogens with zero attached hydrogens (tertiary/aromatic N) is 3. The number of benzene rings is 2. The second-order valence-corrected chi connectivity index (χ2v) is 11.1. The third kappa shape index (κ3) is 5.08. The van der Waals surface area contributed by atoms with Gasteiger partial charge in [0.1, 0.15) is 5.82 Å². The number of carbonyl (C=O) groups excluding carboxylic acids is 1. The summed E-state index contributed by atoms with van der Waals surface area (Å²) in [4.78, 5) is 13.4. The molecule has 1 aliphatic rings. The van der Waals surface area contributed by atoms with Crippen LogP contribution in [0.1, 0.15) is 40.7 Å². The van der Waals surface area contributed by atoms with Gasteiger partial charge in [0.15, 0.2) is 0 Å². The SMILES string of the molecule is Cc1ccc(Cn2nccc2NC(=O)C2CCN(S(=O)(=O)c3c(C)cc(C)cc3C)CC2)cc1. The van der Waals surface area contributed by atoms with Gasteiger partial charge in [0.25, 0.3) is 0 Å². The summed E-state index contributed by atoms with van der Waals surface area (Å²) in [7, 11) is -3.60. The van der Waals surface area contributed by atoms with E-state index in [2.05, 4.69) is 34.7 Å². The fraction of sp³-hybridized carbons (Fsp3) is 0.385. The second-order valence-electron chi connectivity index (χ2n) is 9.26. The predicted molar refractivity (Wildman–Crippen MR) is 133 cm³/mol. The van der Waals surface area contributed by atoms with Crippen molar-refractivity contribution < 1.29 is 13.2 Å². The summed E-state index contributed by atoms with van der Waals surface area (Å²) < 4.78 is 29.9. The van der Waals surface area contributed by atoms with Gasteiger partial charge in [-0.15, -0.1) is 0 Å². The van der Waals surface area contributed by atoms with Gasteiger partial charge in [0, 0.05) is 25.1 Å². The number of hydrogen-bond acceptors (Lipinski definition) is 4. The fourth-order valence-corrected chi connectivity index (χ4v) is 6.60. The second kappa shape index (κ2) is 9.72. The molecule has 180 valence electrons. The molecule has 0 bridgehead atoms. The van der Waals surface area contributed by atoms with Gasteiger partial charge < -0.3 is 5.32 Å². The lowest BCUT2D eigenvalue weighted by molar-refractivity contribution is -0.121. The van der Waals surface area contributed by atoms with Crippen molar-refractivity contribution in [3.63, 3.8) is 0 Å². The molecule has 1 fully saturated rings. The maximum atomic E-state index is 13.3. The van der Waals surface area contributed by atoms with Gasteiger partial charge in [-0.1, -0.05) is 47.5 Å². The summed E-state index contributed by atoms with van der Waals surface area (Å²) in [5, 5.41) is 7.34. The van der Waals surface area contributed by atoms with E-state index in [1.165, 1.54) is 9.87 Å². The van der Waals surface area contributed by atoms with Crippen molar-refractivity contribution in [1.82, 2.24) is 14.1 Å². The molecule has 1 saturated heterocycles. The first-order valence-corrected chi connectivity index (χ1v) is 13.1. The summed E-state index contributed by atoms with van der Waals surface area (Å²) in [5.74, 6) is 0.311. The normalized spacial score (nSPS) is 15.4. The van der Waals surface area contributed by atoms with E-state index in [4.69, 9.17) is 0 Å². The van der Waals surface area contributed by atoms with Crippen LogP contribution in [0.25, 0.3) is 0 Å². The lowest BCUT2D eigenvalue weighted by atomic mass is 9.97. The number of nitrogens with one attached hydrogen (secondary N) is 1. The van der Waals surface area contributed by atoms with Crippen molar-refractivity contribution in [2.24, 2.45) is 5.92 Å². The number of anilines is 1. The molecule has 4 rings (SSSR count). The topological polar surface area (TPSA) is 84.3 Å². The molecule has 0 unspecified atom stereocenters. The van der Waals surface area contributed by atoms with Crippen LogP contribution in [0, 0.1) is 33.6 Å². The van der Waals surface area contributed by atoms with E-state index >= 15 is 0 Å². The highest BCUT2D eigenvalue weighted by molar-refractivity contribution is 7.89. The zero-order valence-electron chi connectivity index (χ0n) is 20.2. The first-order valence-electron chi connectivity index (χ1n) is 11.6. The number of rotatable bonds is 6. The molecule has 1 N–H and O–H groups in total. The van der Waals surface area contributed by atoms with Crippen molar-refractivity contribution in [3.8, 4) is 0 Å². The molecule has 3 aromatic rings. The smallest absolute Gasteiger partial charge is 0.243 e. The van der Waals surface area contributed by atoms with E-state index < -0.39 is 10.0 Å². The van der Waals surface area contributed by atoms with E-state index in [0.717, 1.165) is 22.3 Å². The number of piperidine rings is 1. The van der Waals surface area contributed by atoms with Gasteiger partial charge in [-0.25, -0.2) is 13.1 Å². The molecule has 1 aliphatic heterocycles. The average Bonchev–Trinajstić information content (AvgIpc) is 3.21. The molecule has 34 heavy (non-hydrogen) atoms. The van der Waals surface area contributed by atoms with E-state index in [0.29, 0.717) is 43.2 Å². The molecule has 0 aliphatic carbocycles. The average molecular weight is 481 g/mol. The summed E-state index contributed by atoms with van der Waals surface area (Å²) >= 11 is 0. The van der Waals surface area contributed by atoms with E-state index in [1.807, 2.05) is 39.8 Å². The van der Waals surface area contributed by atoms with Gasteiger partial charge in [-0.05, 0) is 57.2 Å². The first-order chi connectivity index (χ1) is 16.1. The standard InChI is InChI=1S/C26H32N4O3S/c1-18-5-7-22(8-6-18)17-30-24(9-12-27-30)28-26(31)23-10-13-29(14-11-23)34(32,33)25-20(3)15-19(2)16-21(25)4/h5-9,12,15-16,23H,10-11,13-14,17H2,1-4H3,(H,28,31). The van der Waals surface area contributed by atoms with Crippen LogP contribution in [0.15, 0.2) is 53.6 Å². The molecule has 0 atom stereocenters. The number of aryl methyl sites for hydroxylation is 4. The Morgan fingerprint density at radius 1 is 0.971 bits per heavy atom. The van der Waals surface area contributed by atoms with Crippen LogP contribution >= 0.6 is 0 Å². The van der Waals surface area contributed by atoms with Crippen LogP contribution in [-0.4, -0.2) is 41.5 Å². The van der Waals surface area contributed by atoms with Crippen molar-refractivity contribution in [2.75, 3.05) is 18.4 Å². The lowest BCUT2D eigenvalue weighted by Gasteiger charge is -2.31. The summed E-state index contributed by atoms with van der Waals surface area (Å²) in [6, 6.07) is 13.8. The monoisotopic (exact) mass is 480 g/mol. The Kier molecular flexibility index (Phi) is 6.91. The summed E-state index contributed by atoms with van der Waals surface area (Å²) in [5.41, 5.74) is 4.87. The van der Waals surface area contributed by atoms with E-state index in [9.17, 15) is 13.2 Å². The highest BCUT2D eigenvalue weighted by Gasteiger charge is 2.34. The largest absolute Gasteiger partial charge is 0.311 e. The maximum Gasteiger partial charge on any atom is 0.243 e. The van der Waals surface area contributed by atoms with Crippen LogP contribution in [0.5, 0.6) is 0 Å². The van der Waals surface area contributed by atoms with Gasteiger partial charge in [-0.2, -0.15) is 9.40 Å². The number of hydrogen-bond donors (Lipinski definition) is 1. The van der Waals surface area contributed by atoms with Crippen LogP contribution in [0.4, 0.5) is 5.82 Å². The van der Waals surface area contributed by atoms with Crippen molar-refractivity contribution in [2.45, 2.75) is 52.0 Å². The molecule has 7 nitrogen and oxygen atoms in total. The summed E-state index contributed by atoms with van der Waals surface area (Å²) in [6.45, 7) is 8.91. The Labute approximate surface area is 201 Å². The molecule has 2 heterocycles. The van der Waals surface area contributed by atoms with Gasteiger partial charge in [0.05, 0.1) is 17.6 Å². The Morgan fingerprint density at radius 3 is 2.21 bits per heavy atom. The molecular weight excluding hydrogens is 448 g/mol. The van der Waals surface area contributed by atoms with Crippen molar-refractivity contribution in [3.05, 3.63) is 76.5 Å². The van der Waals surface area contributed by atoms with Crippen molar-refractivity contribution in [1.29, 1.82) is 0 Å². The quantitative estimate of drug-likeness (QED) is 0.573. The zero-order chi connectivity index (χ0) is 24.5. The maximum absolute atomic E-state index is 13.3. The highest BCUT2D eigenvalue weighted by atomic mass is 32.2. The number of amides is 1. The van der Waals surface area contributed by atoms with Crippen molar-refractivity contribution >= 4 is 21.7 Å². The third-order valence-corrected chi connectivity index (χ3v) is 8.65. The molecule has 8 heteroatoms.